The molecule has 0 aliphatic heterocycles. The molecule has 21 heavy (non-hydrogen) atoms. The molecule has 1 atom stereocenters. The molecule has 1 heterocycles. The molecule has 0 bridgehead atoms. The number of para-hydroxylation sites is 2. The van der Waals surface area contributed by atoms with Gasteiger partial charge in [-0.3, -0.25) is 4.79 Å². The van der Waals surface area contributed by atoms with Crippen molar-refractivity contribution >= 4 is 16.8 Å². The molecular weight excluding hydrogens is 262 g/mol. The Morgan fingerprint density at radius 1 is 1.14 bits per heavy atom. The molecule has 0 aliphatic rings. The van der Waals surface area contributed by atoms with E-state index < -0.39 is 6.04 Å². The van der Waals surface area contributed by atoms with Gasteiger partial charge < -0.3 is 10.3 Å². The number of benzene rings is 2. The largest absolute Gasteiger partial charge is 0.331 e. The van der Waals surface area contributed by atoms with Crippen LogP contribution in [0.3, 0.4) is 0 Å². The molecule has 0 amide bonds. The van der Waals surface area contributed by atoms with Crippen LogP contribution in [0.4, 0.5) is 0 Å². The fraction of sp³-hybridized carbons (Fsp3) is 0.176. The molecule has 106 valence electrons. The number of aryl methyl sites for hydroxylation is 1. The number of carbonyl (C=O) groups is 1. The minimum Gasteiger partial charge on any atom is -0.331 e. The number of fused-ring (bicyclic) bond motifs is 1. The van der Waals surface area contributed by atoms with E-state index in [-0.39, 0.29) is 12.2 Å². The quantitative estimate of drug-likeness (QED) is 0.797. The van der Waals surface area contributed by atoms with Crippen molar-refractivity contribution < 1.29 is 4.79 Å². The van der Waals surface area contributed by atoms with Crippen LogP contribution in [-0.2, 0) is 18.3 Å². The van der Waals surface area contributed by atoms with Gasteiger partial charge in [0.2, 0.25) is 0 Å². The summed E-state index contributed by atoms with van der Waals surface area (Å²) in [6, 6.07) is 16.7. The lowest BCUT2D eigenvalue weighted by atomic mass is 10.0. The number of imidazole rings is 1. The van der Waals surface area contributed by atoms with Gasteiger partial charge in [-0.25, -0.2) is 4.98 Å². The monoisotopic (exact) mass is 279 g/mol. The first-order chi connectivity index (χ1) is 10.2. The van der Waals surface area contributed by atoms with E-state index in [2.05, 4.69) is 4.98 Å². The van der Waals surface area contributed by atoms with E-state index in [1.807, 2.05) is 66.2 Å². The third-order valence-electron chi connectivity index (χ3n) is 3.72. The van der Waals surface area contributed by atoms with Gasteiger partial charge >= 0.3 is 0 Å². The first-order valence-corrected chi connectivity index (χ1v) is 6.90. The average molecular weight is 279 g/mol. The van der Waals surface area contributed by atoms with Crippen molar-refractivity contribution in [2.45, 2.75) is 12.5 Å². The van der Waals surface area contributed by atoms with Crippen molar-refractivity contribution in [2.24, 2.45) is 12.8 Å². The zero-order valence-corrected chi connectivity index (χ0v) is 11.9. The van der Waals surface area contributed by atoms with Crippen LogP contribution in [0.5, 0.6) is 0 Å². The van der Waals surface area contributed by atoms with Gasteiger partial charge in [0.05, 0.1) is 23.5 Å². The van der Waals surface area contributed by atoms with Gasteiger partial charge in [0.1, 0.15) is 5.82 Å². The smallest absolute Gasteiger partial charge is 0.161 e. The summed E-state index contributed by atoms with van der Waals surface area (Å²) in [5.74, 6) is 0.715. The van der Waals surface area contributed by atoms with Gasteiger partial charge in [-0.15, -0.1) is 0 Å². The van der Waals surface area contributed by atoms with Crippen LogP contribution in [0.15, 0.2) is 54.6 Å². The van der Waals surface area contributed by atoms with Gasteiger partial charge in [-0.2, -0.15) is 0 Å². The Balaban J connectivity index is 1.85. The molecule has 0 saturated heterocycles. The van der Waals surface area contributed by atoms with Crippen molar-refractivity contribution in [1.82, 2.24) is 9.55 Å². The van der Waals surface area contributed by atoms with Crippen LogP contribution in [0.1, 0.15) is 17.4 Å². The number of aromatic nitrogens is 2. The highest BCUT2D eigenvalue weighted by Crippen LogP contribution is 2.17. The van der Waals surface area contributed by atoms with Gasteiger partial charge in [0.15, 0.2) is 5.78 Å². The highest BCUT2D eigenvalue weighted by molar-refractivity contribution is 5.87. The first-order valence-electron chi connectivity index (χ1n) is 6.90. The van der Waals surface area contributed by atoms with E-state index in [0.717, 1.165) is 22.4 Å². The second kappa shape index (κ2) is 5.50. The number of hydrogen-bond donors (Lipinski definition) is 1. The van der Waals surface area contributed by atoms with E-state index in [1.165, 1.54) is 0 Å². The van der Waals surface area contributed by atoms with Crippen LogP contribution < -0.4 is 5.73 Å². The van der Waals surface area contributed by atoms with Crippen LogP contribution in [-0.4, -0.2) is 15.3 Å². The van der Waals surface area contributed by atoms with Crippen LogP contribution in [0.2, 0.25) is 0 Å². The average Bonchev–Trinajstić information content (AvgIpc) is 2.84. The number of Topliss-reactive ketones (excluding diaryl/α,β-unsaturated/α-hetero) is 1. The predicted octanol–water partition coefficient (Wildman–Crippen LogP) is 2.38. The van der Waals surface area contributed by atoms with Crippen molar-refractivity contribution in [3.05, 3.63) is 66.0 Å². The molecule has 0 fully saturated rings. The fourth-order valence-corrected chi connectivity index (χ4v) is 2.47. The number of hydrogen-bond acceptors (Lipinski definition) is 3. The van der Waals surface area contributed by atoms with Crippen LogP contribution in [0.25, 0.3) is 11.0 Å². The van der Waals surface area contributed by atoms with Crippen molar-refractivity contribution in [3.63, 3.8) is 0 Å². The maximum Gasteiger partial charge on any atom is 0.161 e. The van der Waals surface area contributed by atoms with E-state index in [1.54, 1.807) is 0 Å². The third-order valence-corrected chi connectivity index (χ3v) is 3.72. The Morgan fingerprint density at radius 2 is 1.81 bits per heavy atom. The molecule has 3 aromatic rings. The van der Waals surface area contributed by atoms with Gasteiger partial charge in [0.25, 0.3) is 0 Å². The van der Waals surface area contributed by atoms with Crippen molar-refractivity contribution in [3.8, 4) is 0 Å². The minimum absolute atomic E-state index is 0.0281. The molecule has 1 unspecified atom stereocenters. The molecule has 2 N–H and O–H groups in total. The van der Waals surface area contributed by atoms with E-state index in [0.29, 0.717) is 0 Å². The molecule has 2 aromatic carbocycles. The predicted molar refractivity (Wildman–Crippen MR) is 82.8 cm³/mol. The lowest BCUT2D eigenvalue weighted by molar-refractivity contribution is -0.119. The van der Waals surface area contributed by atoms with Crippen molar-refractivity contribution in [2.75, 3.05) is 0 Å². The normalized spacial score (nSPS) is 12.5. The molecule has 4 heteroatoms. The maximum absolute atomic E-state index is 12.4. The SMILES string of the molecule is Cn1c(CC(=O)C(N)c2ccccc2)nc2ccccc21. The fourth-order valence-electron chi connectivity index (χ4n) is 2.47. The standard InChI is InChI=1S/C17H17N3O/c1-20-14-10-6-5-9-13(14)19-16(20)11-15(21)17(18)12-7-3-2-4-8-12/h2-10,17H,11,18H2,1H3. The van der Waals surface area contributed by atoms with E-state index in [9.17, 15) is 4.79 Å². The minimum atomic E-state index is -0.606. The molecule has 0 saturated carbocycles. The van der Waals surface area contributed by atoms with E-state index in [4.69, 9.17) is 5.73 Å². The zero-order chi connectivity index (χ0) is 14.8. The highest BCUT2D eigenvalue weighted by atomic mass is 16.1. The topological polar surface area (TPSA) is 60.9 Å². The lowest BCUT2D eigenvalue weighted by Crippen LogP contribution is -2.24. The summed E-state index contributed by atoms with van der Waals surface area (Å²) in [5.41, 5.74) is 8.80. The summed E-state index contributed by atoms with van der Waals surface area (Å²) in [7, 11) is 1.92. The first kappa shape index (κ1) is 13.5. The second-order valence-corrected chi connectivity index (χ2v) is 5.11. The molecule has 4 nitrogen and oxygen atoms in total. The van der Waals surface area contributed by atoms with Crippen LogP contribution in [0, 0.1) is 0 Å². The number of nitrogens with zero attached hydrogens (tertiary/aromatic N) is 2. The molecule has 0 radical (unpaired) electrons. The molecule has 0 spiro atoms. The Morgan fingerprint density at radius 3 is 2.52 bits per heavy atom. The summed E-state index contributed by atoms with van der Waals surface area (Å²) in [6.45, 7) is 0. The number of rotatable bonds is 4. The second-order valence-electron chi connectivity index (χ2n) is 5.11. The summed E-state index contributed by atoms with van der Waals surface area (Å²) < 4.78 is 1.95. The Labute approximate surface area is 123 Å². The number of nitrogens with two attached hydrogens (primary N) is 1. The van der Waals surface area contributed by atoms with Gasteiger partial charge in [0, 0.05) is 7.05 Å². The molecule has 3 rings (SSSR count). The summed E-state index contributed by atoms with van der Waals surface area (Å²) >= 11 is 0. The number of carbonyl (C=O) groups excluding carboxylic acids is 1. The van der Waals surface area contributed by atoms with E-state index >= 15 is 0 Å². The van der Waals surface area contributed by atoms with Crippen LogP contribution >= 0.6 is 0 Å². The number of ketones is 1. The lowest BCUT2D eigenvalue weighted by Gasteiger charge is -2.10. The maximum atomic E-state index is 12.4. The summed E-state index contributed by atoms with van der Waals surface area (Å²) in [5, 5.41) is 0. The highest BCUT2D eigenvalue weighted by Gasteiger charge is 2.18. The molecule has 0 aliphatic carbocycles. The zero-order valence-electron chi connectivity index (χ0n) is 11.9. The Hall–Kier alpha value is -2.46. The molecular formula is C17H17N3O. The van der Waals surface area contributed by atoms with Gasteiger partial charge in [-0.05, 0) is 17.7 Å². The van der Waals surface area contributed by atoms with Crippen molar-refractivity contribution in [1.29, 1.82) is 0 Å². The summed E-state index contributed by atoms with van der Waals surface area (Å²) in [6.07, 6.45) is 0.237. The Bertz CT molecular complexity index is 777. The molecule has 1 aromatic heterocycles. The van der Waals surface area contributed by atoms with Gasteiger partial charge in [-0.1, -0.05) is 42.5 Å². The third kappa shape index (κ3) is 2.58. The summed E-state index contributed by atoms with van der Waals surface area (Å²) in [4.78, 5) is 16.9. The Kier molecular flexibility index (Phi) is 3.54.